The Labute approximate surface area is 174 Å². The zero-order valence-electron chi connectivity index (χ0n) is 18.0. The number of benzene rings is 1. The molecular formula is C23H34N2O4. The molecule has 0 radical (unpaired) electrons. The number of carbonyl (C=O) groups excluding carboxylic acids is 2. The van der Waals surface area contributed by atoms with Crippen LogP contribution in [-0.2, 0) is 16.0 Å². The third-order valence-corrected chi connectivity index (χ3v) is 6.38. The third kappa shape index (κ3) is 5.22. The van der Waals surface area contributed by atoms with Crippen molar-refractivity contribution in [2.24, 2.45) is 11.8 Å². The van der Waals surface area contributed by atoms with Crippen molar-refractivity contribution in [2.75, 3.05) is 40.4 Å². The molecule has 0 bridgehead atoms. The van der Waals surface area contributed by atoms with Crippen molar-refractivity contribution in [1.29, 1.82) is 0 Å². The minimum absolute atomic E-state index is 0.0749. The van der Waals surface area contributed by atoms with Crippen LogP contribution < -0.4 is 9.47 Å². The number of ether oxygens (including phenoxy) is 2. The summed E-state index contributed by atoms with van der Waals surface area (Å²) in [6.07, 6.45) is 4.82. The minimum atomic E-state index is 0.0749. The first-order chi connectivity index (χ1) is 14.0. The molecule has 3 rings (SSSR count). The van der Waals surface area contributed by atoms with Gasteiger partial charge in [-0.15, -0.1) is 0 Å². The fourth-order valence-electron chi connectivity index (χ4n) is 4.41. The first-order valence-electron chi connectivity index (χ1n) is 10.8. The zero-order chi connectivity index (χ0) is 20.8. The van der Waals surface area contributed by atoms with Crippen LogP contribution in [0.1, 0.15) is 44.6 Å². The molecule has 0 spiro atoms. The Morgan fingerprint density at radius 2 is 1.62 bits per heavy atom. The summed E-state index contributed by atoms with van der Waals surface area (Å²) in [7, 11) is 3.23. The number of likely N-dealkylation sites (tertiary alicyclic amines) is 2. The van der Waals surface area contributed by atoms with Crippen LogP contribution >= 0.6 is 0 Å². The lowest BCUT2D eigenvalue weighted by atomic mass is 9.92. The van der Waals surface area contributed by atoms with Crippen molar-refractivity contribution >= 4 is 11.8 Å². The Morgan fingerprint density at radius 1 is 0.966 bits per heavy atom. The van der Waals surface area contributed by atoms with E-state index in [2.05, 4.69) is 6.92 Å². The van der Waals surface area contributed by atoms with Gasteiger partial charge in [-0.25, -0.2) is 0 Å². The lowest BCUT2D eigenvalue weighted by Gasteiger charge is -2.36. The van der Waals surface area contributed by atoms with Gasteiger partial charge >= 0.3 is 0 Å². The van der Waals surface area contributed by atoms with Crippen LogP contribution in [0.5, 0.6) is 11.5 Å². The number of rotatable bonds is 6. The Balaban J connectivity index is 1.47. The van der Waals surface area contributed by atoms with Gasteiger partial charge in [0.15, 0.2) is 11.5 Å². The van der Waals surface area contributed by atoms with Crippen LogP contribution in [0, 0.1) is 11.8 Å². The van der Waals surface area contributed by atoms with E-state index in [1.807, 2.05) is 28.0 Å². The molecule has 6 nitrogen and oxygen atoms in total. The van der Waals surface area contributed by atoms with E-state index >= 15 is 0 Å². The molecule has 2 aliphatic rings. The summed E-state index contributed by atoms with van der Waals surface area (Å²) in [4.78, 5) is 29.4. The maximum atomic E-state index is 12.8. The molecule has 0 saturated carbocycles. The molecule has 1 aromatic rings. The normalized spacial score (nSPS) is 18.6. The van der Waals surface area contributed by atoms with E-state index in [1.54, 1.807) is 14.2 Å². The number of methoxy groups -OCH3 is 2. The van der Waals surface area contributed by atoms with Gasteiger partial charge in [0, 0.05) is 38.5 Å². The Hall–Kier alpha value is -2.24. The van der Waals surface area contributed by atoms with Gasteiger partial charge in [0.2, 0.25) is 11.8 Å². The van der Waals surface area contributed by atoms with Crippen LogP contribution in [0.4, 0.5) is 0 Å². The number of nitrogens with zero attached hydrogens (tertiary/aromatic N) is 2. The SMILES string of the molecule is COc1cccc(CCC(=O)N2CCC(C(=O)N3CCC(C)CC3)CC2)c1OC. The van der Waals surface area contributed by atoms with Crippen molar-refractivity contribution in [3.05, 3.63) is 23.8 Å². The summed E-state index contributed by atoms with van der Waals surface area (Å²) in [5, 5.41) is 0. The van der Waals surface area contributed by atoms with Crippen LogP contribution in [0.25, 0.3) is 0 Å². The molecule has 2 fully saturated rings. The maximum absolute atomic E-state index is 12.8. The van der Waals surface area contributed by atoms with Crippen LogP contribution in [0.2, 0.25) is 0 Å². The highest BCUT2D eigenvalue weighted by Crippen LogP contribution is 2.31. The van der Waals surface area contributed by atoms with Crippen molar-refractivity contribution in [3.63, 3.8) is 0 Å². The zero-order valence-corrected chi connectivity index (χ0v) is 18.0. The second-order valence-electron chi connectivity index (χ2n) is 8.32. The number of hydrogen-bond acceptors (Lipinski definition) is 4. The number of hydrogen-bond donors (Lipinski definition) is 0. The molecule has 0 atom stereocenters. The standard InChI is InChI=1S/C23H34N2O4/c1-17-9-13-25(14-10-17)23(27)19-11-15-24(16-12-19)21(26)8-7-18-5-4-6-20(28-2)22(18)29-3/h4-6,17,19H,7-16H2,1-3H3. The molecule has 1 aromatic carbocycles. The highest BCUT2D eigenvalue weighted by atomic mass is 16.5. The largest absolute Gasteiger partial charge is 0.493 e. The van der Waals surface area contributed by atoms with Gasteiger partial charge in [0.25, 0.3) is 0 Å². The average Bonchev–Trinajstić information content (AvgIpc) is 2.77. The second kappa shape index (κ2) is 9.99. The van der Waals surface area contributed by atoms with E-state index in [0.717, 1.165) is 50.3 Å². The first-order valence-corrected chi connectivity index (χ1v) is 10.8. The Bertz CT molecular complexity index is 705. The number of piperidine rings is 2. The molecule has 0 aliphatic carbocycles. The van der Waals surface area contributed by atoms with Crippen molar-refractivity contribution < 1.29 is 19.1 Å². The molecule has 0 aromatic heterocycles. The molecule has 160 valence electrons. The molecule has 0 N–H and O–H groups in total. The lowest BCUT2D eigenvalue weighted by Crippen LogP contribution is -2.46. The van der Waals surface area contributed by atoms with Gasteiger partial charge < -0.3 is 19.3 Å². The first kappa shape index (κ1) is 21.5. The summed E-state index contributed by atoms with van der Waals surface area (Å²) >= 11 is 0. The fraction of sp³-hybridized carbons (Fsp3) is 0.652. The molecule has 0 unspecified atom stereocenters. The van der Waals surface area contributed by atoms with Gasteiger partial charge in [0.1, 0.15) is 0 Å². The maximum Gasteiger partial charge on any atom is 0.225 e. The van der Waals surface area contributed by atoms with Crippen molar-refractivity contribution in [1.82, 2.24) is 9.80 Å². The van der Waals surface area contributed by atoms with E-state index in [9.17, 15) is 9.59 Å². The molecule has 2 aliphatic heterocycles. The Kier molecular flexibility index (Phi) is 7.40. The van der Waals surface area contributed by atoms with Gasteiger partial charge in [-0.2, -0.15) is 0 Å². The van der Waals surface area contributed by atoms with E-state index in [4.69, 9.17) is 9.47 Å². The van der Waals surface area contributed by atoms with Gasteiger partial charge in [-0.05, 0) is 49.7 Å². The summed E-state index contributed by atoms with van der Waals surface area (Å²) < 4.78 is 10.8. The molecule has 29 heavy (non-hydrogen) atoms. The minimum Gasteiger partial charge on any atom is -0.493 e. The topological polar surface area (TPSA) is 59.1 Å². The fourth-order valence-corrected chi connectivity index (χ4v) is 4.41. The summed E-state index contributed by atoms with van der Waals surface area (Å²) in [5.41, 5.74) is 0.976. The van der Waals surface area contributed by atoms with Gasteiger partial charge in [0.05, 0.1) is 14.2 Å². The van der Waals surface area contributed by atoms with Gasteiger partial charge in [-0.1, -0.05) is 19.1 Å². The van der Waals surface area contributed by atoms with E-state index < -0.39 is 0 Å². The lowest BCUT2D eigenvalue weighted by molar-refractivity contribution is -0.141. The molecule has 6 heteroatoms. The number of aryl methyl sites for hydroxylation is 1. The third-order valence-electron chi connectivity index (χ3n) is 6.38. The predicted molar refractivity (Wildman–Crippen MR) is 112 cm³/mol. The Morgan fingerprint density at radius 3 is 2.24 bits per heavy atom. The van der Waals surface area contributed by atoms with E-state index in [-0.39, 0.29) is 11.8 Å². The van der Waals surface area contributed by atoms with Crippen molar-refractivity contribution in [3.8, 4) is 11.5 Å². The van der Waals surface area contributed by atoms with Crippen LogP contribution in [-0.4, -0.2) is 62.0 Å². The molecule has 2 saturated heterocycles. The van der Waals surface area contributed by atoms with E-state index in [1.165, 1.54) is 0 Å². The quantitative estimate of drug-likeness (QED) is 0.734. The molecular weight excluding hydrogens is 368 g/mol. The van der Waals surface area contributed by atoms with Crippen LogP contribution in [0.15, 0.2) is 18.2 Å². The smallest absolute Gasteiger partial charge is 0.225 e. The highest BCUT2D eigenvalue weighted by molar-refractivity contribution is 5.80. The predicted octanol–water partition coefficient (Wildman–Crippen LogP) is 3.13. The number of carbonyl (C=O) groups is 2. The number of amides is 2. The highest BCUT2D eigenvalue weighted by Gasteiger charge is 2.31. The van der Waals surface area contributed by atoms with Gasteiger partial charge in [-0.3, -0.25) is 9.59 Å². The summed E-state index contributed by atoms with van der Waals surface area (Å²) in [5.74, 6) is 2.62. The van der Waals surface area contributed by atoms with Crippen molar-refractivity contribution in [2.45, 2.75) is 45.4 Å². The molecule has 2 heterocycles. The van der Waals surface area contributed by atoms with E-state index in [0.29, 0.717) is 43.3 Å². The number of para-hydroxylation sites is 1. The summed E-state index contributed by atoms with van der Waals surface area (Å²) in [6.45, 7) is 5.39. The van der Waals surface area contributed by atoms with Crippen LogP contribution in [0.3, 0.4) is 0 Å². The second-order valence-corrected chi connectivity index (χ2v) is 8.32. The summed E-state index contributed by atoms with van der Waals surface area (Å²) in [6, 6.07) is 5.74. The average molecular weight is 403 g/mol. The monoisotopic (exact) mass is 402 g/mol. The molecule has 2 amide bonds.